The first-order chi connectivity index (χ1) is 13.6. The molecule has 2 amide bonds. The van der Waals surface area contributed by atoms with Gasteiger partial charge in [-0.2, -0.15) is 0 Å². The van der Waals surface area contributed by atoms with Crippen molar-refractivity contribution in [1.29, 1.82) is 0 Å². The Balaban J connectivity index is 1.31. The van der Waals surface area contributed by atoms with E-state index in [0.29, 0.717) is 37.7 Å². The molecule has 1 aliphatic heterocycles. The Bertz CT molecular complexity index is 864. The second-order valence-corrected chi connectivity index (χ2v) is 7.99. The lowest BCUT2D eigenvalue weighted by Gasteiger charge is -2.35. The summed E-state index contributed by atoms with van der Waals surface area (Å²) in [5.41, 5.74) is 1.65. The Labute approximate surface area is 171 Å². The topological polar surface area (TPSA) is 75.6 Å². The number of methoxy groups -OCH3 is 1. The third-order valence-electron chi connectivity index (χ3n) is 5.34. The standard InChI is InChI=1S/C20H21BrN4O3/c1-28-20-22-11-14(12-23-20)18(26)24-6-8-25(9-7-24)19(27)17-10-16(17)13-2-4-15(21)5-3-13/h2-5,11-12,16-17H,6-10H2,1H3. The van der Waals surface area contributed by atoms with Crippen LogP contribution in [0, 0.1) is 5.92 Å². The van der Waals surface area contributed by atoms with E-state index in [1.54, 1.807) is 4.90 Å². The molecule has 2 aliphatic rings. The van der Waals surface area contributed by atoms with E-state index in [2.05, 4.69) is 38.0 Å². The van der Waals surface area contributed by atoms with Gasteiger partial charge in [-0.05, 0) is 30.0 Å². The minimum Gasteiger partial charge on any atom is -0.467 e. The number of carbonyl (C=O) groups excluding carboxylic acids is 2. The van der Waals surface area contributed by atoms with Crippen molar-refractivity contribution >= 4 is 27.7 Å². The van der Waals surface area contributed by atoms with Crippen molar-refractivity contribution in [3.8, 4) is 6.01 Å². The van der Waals surface area contributed by atoms with Crippen molar-refractivity contribution in [2.75, 3.05) is 33.3 Å². The largest absolute Gasteiger partial charge is 0.467 e. The molecule has 4 rings (SSSR count). The number of hydrogen-bond donors (Lipinski definition) is 0. The monoisotopic (exact) mass is 444 g/mol. The Morgan fingerprint density at radius 3 is 2.25 bits per heavy atom. The summed E-state index contributed by atoms with van der Waals surface area (Å²) in [5.74, 6) is 0.469. The zero-order valence-electron chi connectivity index (χ0n) is 15.5. The van der Waals surface area contributed by atoms with Gasteiger partial charge in [0.25, 0.3) is 5.91 Å². The van der Waals surface area contributed by atoms with E-state index < -0.39 is 0 Å². The first-order valence-electron chi connectivity index (χ1n) is 9.26. The number of amides is 2. The molecular formula is C20H21BrN4O3. The molecule has 1 aliphatic carbocycles. The van der Waals surface area contributed by atoms with Gasteiger partial charge in [0.15, 0.2) is 0 Å². The minimum absolute atomic E-state index is 0.0680. The molecule has 2 aromatic rings. The molecule has 2 fully saturated rings. The van der Waals surface area contributed by atoms with Gasteiger partial charge in [-0.1, -0.05) is 28.1 Å². The molecule has 0 N–H and O–H groups in total. The molecule has 7 nitrogen and oxygen atoms in total. The molecule has 1 saturated heterocycles. The fourth-order valence-electron chi connectivity index (χ4n) is 3.63. The van der Waals surface area contributed by atoms with Gasteiger partial charge in [-0.25, -0.2) is 9.97 Å². The van der Waals surface area contributed by atoms with E-state index in [1.165, 1.54) is 25.1 Å². The summed E-state index contributed by atoms with van der Waals surface area (Å²) in [6, 6.07) is 8.42. The van der Waals surface area contributed by atoms with Crippen LogP contribution in [0.3, 0.4) is 0 Å². The number of piperazine rings is 1. The Morgan fingerprint density at radius 2 is 1.64 bits per heavy atom. The number of carbonyl (C=O) groups is 2. The van der Waals surface area contributed by atoms with Crippen LogP contribution in [0.2, 0.25) is 0 Å². The molecule has 2 heterocycles. The highest BCUT2D eigenvalue weighted by atomic mass is 79.9. The number of hydrogen-bond acceptors (Lipinski definition) is 5. The minimum atomic E-state index is -0.117. The number of rotatable bonds is 4. The average Bonchev–Trinajstić information content (AvgIpc) is 3.54. The Kier molecular flexibility index (Phi) is 5.30. The van der Waals surface area contributed by atoms with Crippen LogP contribution >= 0.6 is 15.9 Å². The van der Waals surface area contributed by atoms with Gasteiger partial charge in [0, 0.05) is 49.0 Å². The molecule has 146 valence electrons. The van der Waals surface area contributed by atoms with Gasteiger partial charge in [0.2, 0.25) is 5.91 Å². The number of aromatic nitrogens is 2. The highest BCUT2D eigenvalue weighted by Crippen LogP contribution is 2.48. The zero-order valence-corrected chi connectivity index (χ0v) is 17.1. The van der Waals surface area contributed by atoms with E-state index in [-0.39, 0.29) is 23.7 Å². The van der Waals surface area contributed by atoms with Gasteiger partial charge in [-0.15, -0.1) is 0 Å². The third-order valence-corrected chi connectivity index (χ3v) is 5.87. The summed E-state index contributed by atoms with van der Waals surface area (Å²) in [7, 11) is 1.48. The smallest absolute Gasteiger partial charge is 0.316 e. The summed E-state index contributed by atoms with van der Waals surface area (Å²) in [6.45, 7) is 2.16. The maximum Gasteiger partial charge on any atom is 0.316 e. The van der Waals surface area contributed by atoms with Crippen LogP contribution < -0.4 is 4.74 Å². The lowest BCUT2D eigenvalue weighted by molar-refractivity contribution is -0.134. The van der Waals surface area contributed by atoms with E-state index in [0.717, 1.165) is 10.9 Å². The highest BCUT2D eigenvalue weighted by Gasteiger charge is 2.46. The molecule has 0 spiro atoms. The van der Waals surface area contributed by atoms with Crippen LogP contribution in [0.4, 0.5) is 0 Å². The molecule has 2 atom stereocenters. The van der Waals surface area contributed by atoms with Crippen molar-refractivity contribution in [2.45, 2.75) is 12.3 Å². The normalized spacial score (nSPS) is 21.4. The lowest BCUT2D eigenvalue weighted by atomic mass is 10.1. The van der Waals surface area contributed by atoms with Crippen LogP contribution in [0.25, 0.3) is 0 Å². The van der Waals surface area contributed by atoms with Gasteiger partial charge < -0.3 is 14.5 Å². The average molecular weight is 445 g/mol. The van der Waals surface area contributed by atoms with Crippen LogP contribution in [0.5, 0.6) is 6.01 Å². The molecule has 28 heavy (non-hydrogen) atoms. The molecule has 2 unspecified atom stereocenters. The Hall–Kier alpha value is -2.48. The predicted molar refractivity (Wildman–Crippen MR) is 106 cm³/mol. The molecule has 1 saturated carbocycles. The first-order valence-corrected chi connectivity index (χ1v) is 10.1. The van der Waals surface area contributed by atoms with Gasteiger partial charge in [0.05, 0.1) is 12.7 Å². The van der Waals surface area contributed by atoms with Crippen molar-refractivity contribution < 1.29 is 14.3 Å². The van der Waals surface area contributed by atoms with Gasteiger partial charge in [0.1, 0.15) is 0 Å². The molecule has 8 heteroatoms. The zero-order chi connectivity index (χ0) is 19.7. The van der Waals surface area contributed by atoms with Crippen molar-refractivity contribution in [1.82, 2.24) is 19.8 Å². The van der Waals surface area contributed by atoms with Crippen molar-refractivity contribution in [3.63, 3.8) is 0 Å². The quantitative estimate of drug-likeness (QED) is 0.723. The van der Waals surface area contributed by atoms with Crippen LogP contribution in [0.15, 0.2) is 41.1 Å². The Morgan fingerprint density at radius 1 is 1.04 bits per heavy atom. The SMILES string of the molecule is COc1ncc(C(=O)N2CCN(C(=O)C3CC3c3ccc(Br)cc3)CC2)cn1. The molecule has 0 bridgehead atoms. The maximum absolute atomic E-state index is 12.8. The highest BCUT2D eigenvalue weighted by molar-refractivity contribution is 9.10. The molecule has 0 radical (unpaired) electrons. The number of halogens is 1. The maximum atomic E-state index is 12.8. The fraction of sp³-hybridized carbons (Fsp3) is 0.400. The van der Waals surface area contributed by atoms with Gasteiger partial charge >= 0.3 is 6.01 Å². The predicted octanol–water partition coefficient (Wildman–Crippen LogP) is 2.34. The van der Waals surface area contributed by atoms with E-state index in [4.69, 9.17) is 4.74 Å². The summed E-state index contributed by atoms with van der Waals surface area (Å²) in [5, 5.41) is 0. The summed E-state index contributed by atoms with van der Waals surface area (Å²) >= 11 is 3.44. The van der Waals surface area contributed by atoms with Gasteiger partial charge in [-0.3, -0.25) is 9.59 Å². The summed E-state index contributed by atoms with van der Waals surface area (Å²) in [4.78, 5) is 37.0. The number of benzene rings is 1. The van der Waals surface area contributed by atoms with Crippen LogP contribution in [-0.4, -0.2) is 64.9 Å². The van der Waals surface area contributed by atoms with Crippen LogP contribution in [-0.2, 0) is 4.79 Å². The first kappa shape index (κ1) is 18.9. The molecule has 1 aromatic carbocycles. The van der Waals surface area contributed by atoms with E-state index in [1.807, 2.05) is 17.0 Å². The summed E-state index contributed by atoms with van der Waals surface area (Å²) in [6.07, 6.45) is 3.85. The van der Waals surface area contributed by atoms with E-state index >= 15 is 0 Å². The summed E-state index contributed by atoms with van der Waals surface area (Å²) < 4.78 is 5.96. The molecular weight excluding hydrogens is 424 g/mol. The number of nitrogens with zero attached hydrogens (tertiary/aromatic N) is 4. The van der Waals surface area contributed by atoms with E-state index in [9.17, 15) is 9.59 Å². The van der Waals surface area contributed by atoms with Crippen molar-refractivity contribution in [3.05, 3.63) is 52.3 Å². The lowest BCUT2D eigenvalue weighted by Crippen LogP contribution is -2.51. The van der Waals surface area contributed by atoms with Crippen LogP contribution in [0.1, 0.15) is 28.3 Å². The van der Waals surface area contributed by atoms with Crippen molar-refractivity contribution in [2.24, 2.45) is 5.92 Å². The third kappa shape index (κ3) is 3.87. The second kappa shape index (κ2) is 7.87. The second-order valence-electron chi connectivity index (χ2n) is 7.08. The number of ether oxygens (including phenoxy) is 1. The molecule has 1 aromatic heterocycles. The fourth-order valence-corrected chi connectivity index (χ4v) is 3.89.